The smallest absolute Gasteiger partial charge is 0.340 e. The highest BCUT2D eigenvalue weighted by Gasteiger charge is 2.18. The average Bonchev–Trinajstić information content (AvgIpc) is 2.81. The van der Waals surface area contributed by atoms with Gasteiger partial charge in [-0.1, -0.05) is 23.9 Å². The zero-order valence-electron chi connectivity index (χ0n) is 11.5. The van der Waals surface area contributed by atoms with Gasteiger partial charge in [0.05, 0.1) is 11.4 Å². The number of carbonyl (C=O) groups is 1. The van der Waals surface area contributed by atoms with E-state index < -0.39 is 5.97 Å². The summed E-state index contributed by atoms with van der Waals surface area (Å²) in [5.74, 6) is 0.161. The summed E-state index contributed by atoms with van der Waals surface area (Å²) in [6.45, 7) is 3.63. The minimum Gasteiger partial charge on any atom is -0.478 e. The van der Waals surface area contributed by atoms with Crippen molar-refractivity contribution in [2.24, 2.45) is 7.05 Å². The molecule has 0 unspecified atom stereocenters. The molecule has 106 valence electrons. The van der Waals surface area contributed by atoms with Crippen molar-refractivity contribution in [2.45, 2.75) is 31.0 Å². The maximum Gasteiger partial charge on any atom is 0.340 e. The monoisotopic (exact) mass is 293 g/mol. The number of thioether (sulfide) groups is 1. The lowest BCUT2D eigenvalue weighted by Gasteiger charge is -2.08. The number of rotatable bonds is 5. The number of hydrogen-bond donors (Lipinski definition) is 1. The van der Waals surface area contributed by atoms with Crippen molar-refractivity contribution in [1.82, 2.24) is 25.0 Å². The van der Waals surface area contributed by atoms with E-state index in [0.717, 1.165) is 5.69 Å². The molecule has 0 radical (unpaired) electrons. The zero-order valence-corrected chi connectivity index (χ0v) is 12.3. The summed E-state index contributed by atoms with van der Waals surface area (Å²) in [7, 11) is 1.79. The lowest BCUT2D eigenvalue weighted by Crippen LogP contribution is -2.09. The lowest BCUT2D eigenvalue weighted by atomic mass is 10.2. The standard InChI is InChI=1S/C12H15N5O2S/c1-4-9-13-7(2)10(12(18)19)11(14-9)20-6-8-5-17(3)16-15-8/h5H,4,6H2,1-3H3,(H,18,19). The molecule has 0 amide bonds. The van der Waals surface area contributed by atoms with Crippen LogP contribution in [0.2, 0.25) is 0 Å². The highest BCUT2D eigenvalue weighted by atomic mass is 32.2. The summed E-state index contributed by atoms with van der Waals surface area (Å²) in [6.07, 6.45) is 2.46. The van der Waals surface area contributed by atoms with Gasteiger partial charge in [0.1, 0.15) is 16.4 Å². The summed E-state index contributed by atoms with van der Waals surface area (Å²) in [5.41, 5.74) is 1.44. The third-order valence-corrected chi connectivity index (χ3v) is 3.65. The van der Waals surface area contributed by atoms with Crippen LogP contribution in [0.3, 0.4) is 0 Å². The highest BCUT2D eigenvalue weighted by Crippen LogP contribution is 2.25. The molecular weight excluding hydrogens is 278 g/mol. The Bertz CT molecular complexity index is 641. The van der Waals surface area contributed by atoms with Crippen LogP contribution in [-0.4, -0.2) is 36.0 Å². The Morgan fingerprint density at radius 3 is 2.75 bits per heavy atom. The Hall–Kier alpha value is -1.96. The van der Waals surface area contributed by atoms with E-state index in [4.69, 9.17) is 0 Å². The molecular formula is C12H15N5O2S. The first kappa shape index (κ1) is 14.4. The van der Waals surface area contributed by atoms with Gasteiger partial charge in [0.2, 0.25) is 0 Å². The van der Waals surface area contributed by atoms with Crippen LogP contribution in [0, 0.1) is 6.92 Å². The van der Waals surface area contributed by atoms with E-state index in [1.807, 2.05) is 6.92 Å². The molecule has 2 rings (SSSR count). The minimum absolute atomic E-state index is 0.163. The number of aryl methyl sites for hydroxylation is 3. The molecule has 0 aromatic carbocycles. The topological polar surface area (TPSA) is 93.8 Å². The van der Waals surface area contributed by atoms with E-state index in [1.165, 1.54) is 11.8 Å². The molecule has 0 fully saturated rings. The van der Waals surface area contributed by atoms with Gasteiger partial charge in [0.15, 0.2) is 0 Å². The first-order valence-electron chi connectivity index (χ1n) is 6.10. The van der Waals surface area contributed by atoms with Gasteiger partial charge >= 0.3 is 5.97 Å². The van der Waals surface area contributed by atoms with E-state index in [9.17, 15) is 9.90 Å². The number of aromatic carboxylic acids is 1. The predicted molar refractivity (Wildman–Crippen MR) is 73.7 cm³/mol. The lowest BCUT2D eigenvalue weighted by molar-refractivity contribution is 0.0690. The molecule has 20 heavy (non-hydrogen) atoms. The van der Waals surface area contributed by atoms with Crippen molar-refractivity contribution in [1.29, 1.82) is 0 Å². The van der Waals surface area contributed by atoms with Crippen LogP contribution >= 0.6 is 11.8 Å². The van der Waals surface area contributed by atoms with Crippen LogP contribution in [0.4, 0.5) is 0 Å². The van der Waals surface area contributed by atoms with Gasteiger partial charge in [-0.15, -0.1) is 5.10 Å². The Labute approximate surface area is 120 Å². The quantitative estimate of drug-likeness (QED) is 0.659. The second kappa shape index (κ2) is 6.00. The summed E-state index contributed by atoms with van der Waals surface area (Å²) in [6, 6.07) is 0. The van der Waals surface area contributed by atoms with Crippen molar-refractivity contribution < 1.29 is 9.90 Å². The van der Waals surface area contributed by atoms with Crippen molar-refractivity contribution in [2.75, 3.05) is 0 Å². The molecule has 2 aromatic rings. The molecule has 0 spiro atoms. The molecule has 0 aliphatic heterocycles. The molecule has 2 heterocycles. The van der Waals surface area contributed by atoms with E-state index >= 15 is 0 Å². The van der Waals surface area contributed by atoms with Crippen molar-refractivity contribution >= 4 is 17.7 Å². The number of carboxylic acid groups (broad SMARTS) is 1. The Balaban J connectivity index is 2.28. The second-order valence-corrected chi connectivity index (χ2v) is 5.20. The molecule has 0 aliphatic rings. The summed E-state index contributed by atoms with van der Waals surface area (Å²) in [4.78, 5) is 19.8. The summed E-state index contributed by atoms with van der Waals surface area (Å²) >= 11 is 1.34. The SMILES string of the molecule is CCc1nc(C)c(C(=O)O)c(SCc2cn(C)nn2)n1. The van der Waals surface area contributed by atoms with Gasteiger partial charge in [0.25, 0.3) is 0 Å². The van der Waals surface area contributed by atoms with Gasteiger partial charge in [-0.2, -0.15) is 0 Å². The van der Waals surface area contributed by atoms with E-state index in [2.05, 4.69) is 20.3 Å². The molecule has 0 saturated heterocycles. The Morgan fingerprint density at radius 2 is 2.20 bits per heavy atom. The first-order valence-corrected chi connectivity index (χ1v) is 7.08. The maximum atomic E-state index is 11.3. The highest BCUT2D eigenvalue weighted by molar-refractivity contribution is 7.98. The molecule has 0 atom stereocenters. The van der Waals surface area contributed by atoms with Crippen molar-refractivity contribution in [3.63, 3.8) is 0 Å². The normalized spacial score (nSPS) is 10.8. The fourth-order valence-electron chi connectivity index (χ4n) is 1.71. The molecule has 0 bridgehead atoms. The largest absolute Gasteiger partial charge is 0.478 e. The van der Waals surface area contributed by atoms with E-state index in [1.54, 1.807) is 24.9 Å². The fraction of sp³-hybridized carbons (Fsp3) is 0.417. The van der Waals surface area contributed by atoms with Gasteiger partial charge in [-0.3, -0.25) is 4.68 Å². The summed E-state index contributed by atoms with van der Waals surface area (Å²) in [5, 5.41) is 17.6. The minimum atomic E-state index is -1.01. The molecule has 1 N–H and O–H groups in total. The predicted octanol–water partition coefficient (Wildman–Crippen LogP) is 1.47. The average molecular weight is 293 g/mol. The third kappa shape index (κ3) is 3.13. The zero-order chi connectivity index (χ0) is 14.7. The number of aromatic nitrogens is 5. The molecule has 2 aromatic heterocycles. The van der Waals surface area contributed by atoms with E-state index in [0.29, 0.717) is 28.7 Å². The molecule has 8 heteroatoms. The molecule has 0 saturated carbocycles. The molecule has 0 aliphatic carbocycles. The Kier molecular flexibility index (Phi) is 4.33. The first-order chi connectivity index (χ1) is 9.51. The van der Waals surface area contributed by atoms with Gasteiger partial charge in [-0.25, -0.2) is 14.8 Å². The van der Waals surface area contributed by atoms with Gasteiger partial charge < -0.3 is 5.11 Å². The Morgan fingerprint density at radius 1 is 1.45 bits per heavy atom. The van der Waals surface area contributed by atoms with Crippen LogP contribution < -0.4 is 0 Å². The fourth-order valence-corrected chi connectivity index (χ4v) is 2.68. The van der Waals surface area contributed by atoms with Crippen LogP contribution in [0.25, 0.3) is 0 Å². The third-order valence-electron chi connectivity index (χ3n) is 2.64. The number of carboxylic acids is 1. The van der Waals surface area contributed by atoms with Crippen molar-refractivity contribution in [3.05, 3.63) is 29.0 Å². The molecule has 7 nitrogen and oxygen atoms in total. The van der Waals surface area contributed by atoms with Crippen LogP contribution in [0.5, 0.6) is 0 Å². The van der Waals surface area contributed by atoms with Crippen LogP contribution in [0.1, 0.15) is 34.5 Å². The van der Waals surface area contributed by atoms with E-state index in [-0.39, 0.29) is 5.56 Å². The van der Waals surface area contributed by atoms with Crippen LogP contribution in [-0.2, 0) is 19.2 Å². The van der Waals surface area contributed by atoms with Gasteiger partial charge in [0, 0.05) is 25.4 Å². The maximum absolute atomic E-state index is 11.3. The second-order valence-electron chi connectivity index (χ2n) is 4.24. The van der Waals surface area contributed by atoms with Crippen molar-refractivity contribution in [3.8, 4) is 0 Å². The number of hydrogen-bond acceptors (Lipinski definition) is 6. The van der Waals surface area contributed by atoms with Gasteiger partial charge in [-0.05, 0) is 6.92 Å². The summed E-state index contributed by atoms with van der Waals surface area (Å²) < 4.78 is 1.61. The van der Waals surface area contributed by atoms with Crippen LogP contribution in [0.15, 0.2) is 11.2 Å². The number of nitrogens with zero attached hydrogens (tertiary/aromatic N) is 5.